The van der Waals surface area contributed by atoms with E-state index < -0.39 is 18.6 Å². The molecule has 1 amide bonds. The zero-order valence-electron chi connectivity index (χ0n) is 15.4. The molecule has 6 nitrogen and oxygen atoms in total. The number of carbonyl (C=O) groups is 2. The maximum Gasteiger partial charge on any atom is 0.401 e. The molecule has 2 aliphatic heterocycles. The summed E-state index contributed by atoms with van der Waals surface area (Å²) in [5.74, 6) is -0.589. The van der Waals surface area contributed by atoms with Gasteiger partial charge in [-0.3, -0.25) is 19.2 Å². The summed E-state index contributed by atoms with van der Waals surface area (Å²) in [6.45, 7) is 0.101. The maximum atomic E-state index is 12.9. The van der Waals surface area contributed by atoms with Gasteiger partial charge >= 0.3 is 6.18 Å². The van der Waals surface area contributed by atoms with Crippen molar-refractivity contribution in [3.8, 4) is 0 Å². The second kappa shape index (κ2) is 8.00. The average Bonchev–Trinajstić information content (AvgIpc) is 3.22. The summed E-state index contributed by atoms with van der Waals surface area (Å²) < 4.78 is 39.5. The molecule has 1 aromatic heterocycles. The lowest BCUT2D eigenvalue weighted by Crippen LogP contribution is -2.48. The van der Waals surface area contributed by atoms with Crippen LogP contribution in [0.4, 0.5) is 13.2 Å². The summed E-state index contributed by atoms with van der Waals surface area (Å²) in [5, 5.41) is 4.00. The smallest absolute Gasteiger partial charge is 0.339 e. The van der Waals surface area contributed by atoms with E-state index in [-0.39, 0.29) is 30.7 Å². The molecule has 2 aliphatic rings. The molecule has 3 rings (SSSR count). The summed E-state index contributed by atoms with van der Waals surface area (Å²) in [5.41, 5.74) is 0.519. The lowest BCUT2D eigenvalue weighted by Gasteiger charge is -2.35. The number of rotatable bonds is 5. The second-order valence-corrected chi connectivity index (χ2v) is 7.55. The maximum absolute atomic E-state index is 12.9. The van der Waals surface area contributed by atoms with Gasteiger partial charge in [0.25, 0.3) is 0 Å². The largest absolute Gasteiger partial charge is 0.401 e. The number of halogens is 3. The fraction of sp³-hybridized carbons (Fsp3) is 0.722. The molecule has 0 N–H and O–H groups in total. The Morgan fingerprint density at radius 1 is 1.22 bits per heavy atom. The Morgan fingerprint density at radius 2 is 1.96 bits per heavy atom. The third-order valence-electron chi connectivity index (χ3n) is 5.37. The molecule has 0 spiro atoms. The van der Waals surface area contributed by atoms with Crippen molar-refractivity contribution >= 4 is 11.7 Å². The SMILES string of the molecule is Cn1cc(C(=O)CC2CCCN2C(=O)C2CCCN(CC(F)(F)F)C2)cn1. The molecule has 3 heterocycles. The van der Waals surface area contributed by atoms with E-state index in [4.69, 9.17) is 0 Å². The highest BCUT2D eigenvalue weighted by atomic mass is 19.4. The molecule has 0 aromatic carbocycles. The normalized spacial score (nSPS) is 24.4. The lowest BCUT2D eigenvalue weighted by atomic mass is 9.95. The third-order valence-corrected chi connectivity index (χ3v) is 5.37. The number of aromatic nitrogens is 2. The van der Waals surface area contributed by atoms with Gasteiger partial charge in [0.15, 0.2) is 5.78 Å². The van der Waals surface area contributed by atoms with Crippen LogP contribution in [0.2, 0.25) is 0 Å². The Hall–Kier alpha value is -1.90. The second-order valence-electron chi connectivity index (χ2n) is 7.55. The van der Waals surface area contributed by atoms with Gasteiger partial charge in [-0.25, -0.2) is 0 Å². The van der Waals surface area contributed by atoms with E-state index in [9.17, 15) is 22.8 Å². The number of hydrogen-bond acceptors (Lipinski definition) is 4. The predicted molar refractivity (Wildman–Crippen MR) is 92.1 cm³/mol. The van der Waals surface area contributed by atoms with Crippen LogP contribution in [0, 0.1) is 5.92 Å². The zero-order valence-corrected chi connectivity index (χ0v) is 15.4. The van der Waals surface area contributed by atoms with Crippen LogP contribution in [0.3, 0.4) is 0 Å². The van der Waals surface area contributed by atoms with Crippen LogP contribution in [-0.4, -0.2) is 69.7 Å². The van der Waals surface area contributed by atoms with Crippen LogP contribution in [0.15, 0.2) is 12.4 Å². The molecule has 9 heteroatoms. The van der Waals surface area contributed by atoms with Crippen molar-refractivity contribution in [2.75, 3.05) is 26.2 Å². The lowest BCUT2D eigenvalue weighted by molar-refractivity contribution is -0.154. The van der Waals surface area contributed by atoms with Crippen LogP contribution < -0.4 is 0 Å². The highest BCUT2D eigenvalue weighted by Crippen LogP contribution is 2.28. The van der Waals surface area contributed by atoms with Crippen molar-refractivity contribution in [3.05, 3.63) is 18.0 Å². The molecule has 0 radical (unpaired) electrons. The van der Waals surface area contributed by atoms with Gasteiger partial charge in [-0.2, -0.15) is 18.3 Å². The molecule has 1 aromatic rings. The van der Waals surface area contributed by atoms with Crippen molar-refractivity contribution in [1.29, 1.82) is 0 Å². The van der Waals surface area contributed by atoms with E-state index in [1.54, 1.807) is 22.8 Å². The van der Waals surface area contributed by atoms with E-state index in [1.165, 1.54) is 11.1 Å². The number of piperidine rings is 1. The van der Waals surface area contributed by atoms with Gasteiger partial charge in [-0.15, -0.1) is 0 Å². The van der Waals surface area contributed by atoms with E-state index >= 15 is 0 Å². The van der Waals surface area contributed by atoms with Crippen LogP contribution in [0.1, 0.15) is 42.5 Å². The number of carbonyl (C=O) groups excluding carboxylic acids is 2. The molecule has 0 saturated carbocycles. The molecule has 150 valence electrons. The number of aryl methyl sites for hydroxylation is 1. The fourth-order valence-corrected chi connectivity index (χ4v) is 4.12. The van der Waals surface area contributed by atoms with E-state index in [1.807, 2.05) is 0 Å². The molecule has 2 fully saturated rings. The van der Waals surface area contributed by atoms with Crippen LogP contribution in [0.25, 0.3) is 0 Å². The number of ketones is 1. The van der Waals surface area contributed by atoms with Gasteiger partial charge in [0.2, 0.25) is 5.91 Å². The van der Waals surface area contributed by atoms with Crippen molar-refractivity contribution in [2.24, 2.45) is 13.0 Å². The Morgan fingerprint density at radius 3 is 2.63 bits per heavy atom. The van der Waals surface area contributed by atoms with Crippen molar-refractivity contribution in [2.45, 2.75) is 44.3 Å². The first kappa shape index (κ1) is 19.9. The van der Waals surface area contributed by atoms with Gasteiger partial charge in [0.05, 0.1) is 24.2 Å². The number of amides is 1. The first-order chi connectivity index (χ1) is 12.7. The third kappa shape index (κ3) is 5.09. The summed E-state index contributed by atoms with van der Waals surface area (Å²) >= 11 is 0. The predicted octanol–water partition coefficient (Wildman–Crippen LogP) is 2.26. The molecule has 2 saturated heterocycles. The average molecular weight is 386 g/mol. The Balaban J connectivity index is 1.60. The Labute approximate surface area is 156 Å². The Kier molecular flexibility index (Phi) is 5.88. The standard InChI is InChI=1S/C18H25F3N4O2/c1-23-10-14(9-22-23)16(26)8-15-5-3-7-25(15)17(27)13-4-2-6-24(11-13)12-18(19,20)21/h9-10,13,15H,2-8,11-12H2,1H3. The van der Waals surface area contributed by atoms with Crippen LogP contribution in [0.5, 0.6) is 0 Å². The first-order valence-corrected chi connectivity index (χ1v) is 9.34. The monoisotopic (exact) mass is 386 g/mol. The van der Waals surface area contributed by atoms with Crippen LogP contribution in [-0.2, 0) is 11.8 Å². The number of likely N-dealkylation sites (tertiary alicyclic amines) is 2. The summed E-state index contributed by atoms with van der Waals surface area (Å²) in [4.78, 5) is 28.4. The summed E-state index contributed by atoms with van der Waals surface area (Å²) in [6.07, 6.45) is 1.89. The van der Waals surface area contributed by atoms with Gasteiger partial charge in [-0.05, 0) is 32.2 Å². The highest BCUT2D eigenvalue weighted by molar-refractivity contribution is 5.96. The summed E-state index contributed by atoms with van der Waals surface area (Å²) in [7, 11) is 1.73. The fourth-order valence-electron chi connectivity index (χ4n) is 4.12. The highest BCUT2D eigenvalue weighted by Gasteiger charge is 2.38. The Bertz CT molecular complexity index is 688. The number of alkyl halides is 3. The van der Waals surface area contributed by atoms with Crippen molar-refractivity contribution in [3.63, 3.8) is 0 Å². The summed E-state index contributed by atoms with van der Waals surface area (Å²) in [6, 6.07) is -0.178. The minimum absolute atomic E-state index is 0.0601. The number of hydrogen-bond donors (Lipinski definition) is 0. The zero-order chi connectivity index (χ0) is 19.6. The van der Waals surface area contributed by atoms with E-state index in [0.29, 0.717) is 31.5 Å². The van der Waals surface area contributed by atoms with Gasteiger partial charge in [0.1, 0.15) is 0 Å². The molecular weight excluding hydrogens is 361 g/mol. The first-order valence-electron chi connectivity index (χ1n) is 9.34. The van der Waals surface area contributed by atoms with Gasteiger partial charge < -0.3 is 4.90 Å². The molecular formula is C18H25F3N4O2. The minimum Gasteiger partial charge on any atom is -0.339 e. The molecule has 27 heavy (non-hydrogen) atoms. The quantitative estimate of drug-likeness (QED) is 0.729. The minimum atomic E-state index is -4.25. The molecule has 2 unspecified atom stereocenters. The molecule has 0 bridgehead atoms. The van der Waals surface area contributed by atoms with Crippen LogP contribution >= 0.6 is 0 Å². The van der Waals surface area contributed by atoms with E-state index in [0.717, 1.165) is 12.8 Å². The van der Waals surface area contributed by atoms with Crippen molar-refractivity contribution < 1.29 is 22.8 Å². The topological polar surface area (TPSA) is 58.4 Å². The number of Topliss-reactive ketones (excluding diaryl/α,β-unsaturated/α-hetero) is 1. The van der Waals surface area contributed by atoms with Gasteiger partial charge in [0, 0.05) is 38.8 Å². The van der Waals surface area contributed by atoms with Gasteiger partial charge in [-0.1, -0.05) is 0 Å². The number of nitrogens with zero attached hydrogens (tertiary/aromatic N) is 4. The van der Waals surface area contributed by atoms with E-state index in [2.05, 4.69) is 5.10 Å². The molecule has 0 aliphatic carbocycles. The molecule has 2 atom stereocenters. The van der Waals surface area contributed by atoms with Crippen molar-refractivity contribution in [1.82, 2.24) is 19.6 Å².